The molecular weight excluding hydrogens is 180 g/mol. The Balaban J connectivity index is 3.03. The number of carbonyl (C=O) groups is 1. The molecule has 0 aromatic carbocycles. The molecule has 0 saturated carbocycles. The first kappa shape index (κ1) is 10.7. The van der Waals surface area contributed by atoms with E-state index in [9.17, 15) is 4.79 Å². The summed E-state index contributed by atoms with van der Waals surface area (Å²) in [6, 6.07) is 3.67. The fourth-order valence-corrected chi connectivity index (χ4v) is 1.48. The minimum atomic E-state index is -0.917. The number of aliphatic carboxylic acids is 1. The van der Waals surface area contributed by atoms with Crippen molar-refractivity contribution in [1.82, 2.24) is 4.98 Å². The summed E-state index contributed by atoms with van der Waals surface area (Å²) in [5.74, 6) is -0.917. The van der Waals surface area contributed by atoms with E-state index in [0.717, 1.165) is 5.56 Å². The first-order chi connectivity index (χ1) is 6.43. The molecule has 1 atom stereocenters. The van der Waals surface area contributed by atoms with Crippen LogP contribution in [0.2, 0.25) is 0 Å². The van der Waals surface area contributed by atoms with Crippen molar-refractivity contribution in [2.75, 3.05) is 0 Å². The molecule has 14 heavy (non-hydrogen) atoms. The lowest BCUT2D eigenvalue weighted by atomic mass is 9.91. The maximum Gasteiger partial charge on any atom is 0.305 e. The summed E-state index contributed by atoms with van der Waals surface area (Å²) in [7, 11) is 0. The summed E-state index contributed by atoms with van der Waals surface area (Å²) in [6.07, 6.45) is 1.50. The number of nitrogens with two attached hydrogens (primary N) is 1. The number of nitrogens with zero attached hydrogens (tertiary/aromatic N) is 1. The van der Waals surface area contributed by atoms with E-state index < -0.39 is 11.5 Å². The van der Waals surface area contributed by atoms with Crippen molar-refractivity contribution in [3.05, 3.63) is 29.6 Å². The van der Waals surface area contributed by atoms with Crippen LogP contribution in [-0.4, -0.2) is 16.1 Å². The number of aryl methyl sites for hydroxylation is 1. The van der Waals surface area contributed by atoms with Gasteiger partial charge in [0.2, 0.25) is 0 Å². The van der Waals surface area contributed by atoms with E-state index in [-0.39, 0.29) is 6.42 Å². The molecule has 0 aliphatic heterocycles. The van der Waals surface area contributed by atoms with E-state index in [4.69, 9.17) is 10.8 Å². The quantitative estimate of drug-likeness (QED) is 0.753. The van der Waals surface area contributed by atoms with Crippen LogP contribution in [0.15, 0.2) is 18.3 Å². The molecule has 0 fully saturated rings. The van der Waals surface area contributed by atoms with Crippen molar-refractivity contribution in [3.63, 3.8) is 0 Å². The summed E-state index contributed by atoms with van der Waals surface area (Å²) in [5.41, 5.74) is 6.55. The minimum Gasteiger partial charge on any atom is -0.481 e. The standard InChI is InChI=1S/C10H14N2O2/c1-7-4-3-5-12-9(7)10(2,11)6-8(13)14/h3-5H,6,11H2,1-2H3,(H,13,14)/t10-/m0/s1. The topological polar surface area (TPSA) is 76.2 Å². The van der Waals surface area contributed by atoms with Gasteiger partial charge in [0.15, 0.2) is 0 Å². The summed E-state index contributed by atoms with van der Waals surface area (Å²) in [5, 5.41) is 8.69. The molecular formula is C10H14N2O2. The van der Waals surface area contributed by atoms with Crippen molar-refractivity contribution < 1.29 is 9.90 Å². The molecule has 4 heteroatoms. The number of carboxylic acids is 1. The maximum atomic E-state index is 10.6. The summed E-state index contributed by atoms with van der Waals surface area (Å²) in [4.78, 5) is 14.7. The summed E-state index contributed by atoms with van der Waals surface area (Å²) < 4.78 is 0. The highest BCUT2D eigenvalue weighted by Gasteiger charge is 2.27. The van der Waals surface area contributed by atoms with Crippen LogP contribution in [-0.2, 0) is 10.3 Å². The van der Waals surface area contributed by atoms with Gasteiger partial charge in [0.25, 0.3) is 0 Å². The Hall–Kier alpha value is -1.42. The second kappa shape index (κ2) is 3.75. The summed E-state index contributed by atoms with van der Waals surface area (Å²) in [6.45, 7) is 3.55. The molecule has 1 aromatic rings. The van der Waals surface area contributed by atoms with Crippen LogP contribution in [0.4, 0.5) is 0 Å². The third-order valence-electron chi connectivity index (χ3n) is 2.07. The number of hydrogen-bond donors (Lipinski definition) is 2. The van der Waals surface area contributed by atoms with Crippen LogP contribution in [0.1, 0.15) is 24.6 Å². The monoisotopic (exact) mass is 194 g/mol. The average molecular weight is 194 g/mol. The lowest BCUT2D eigenvalue weighted by molar-refractivity contribution is -0.138. The third-order valence-corrected chi connectivity index (χ3v) is 2.07. The molecule has 0 saturated heterocycles. The molecule has 76 valence electrons. The van der Waals surface area contributed by atoms with Crippen LogP contribution in [0, 0.1) is 6.92 Å². The summed E-state index contributed by atoms with van der Waals surface area (Å²) >= 11 is 0. The normalized spacial score (nSPS) is 14.8. The second-order valence-electron chi connectivity index (χ2n) is 3.66. The van der Waals surface area contributed by atoms with Crippen molar-refractivity contribution in [2.24, 2.45) is 5.73 Å². The number of rotatable bonds is 3. The van der Waals surface area contributed by atoms with Gasteiger partial charge in [0.1, 0.15) is 0 Å². The van der Waals surface area contributed by atoms with E-state index in [2.05, 4.69) is 4.98 Å². The maximum absolute atomic E-state index is 10.6. The first-order valence-electron chi connectivity index (χ1n) is 4.36. The highest BCUT2D eigenvalue weighted by Crippen LogP contribution is 2.22. The molecule has 0 unspecified atom stereocenters. The van der Waals surface area contributed by atoms with E-state index in [1.807, 2.05) is 13.0 Å². The third kappa shape index (κ3) is 2.29. The molecule has 0 bridgehead atoms. The Kier molecular flexibility index (Phi) is 2.86. The van der Waals surface area contributed by atoms with E-state index in [1.165, 1.54) is 0 Å². The van der Waals surface area contributed by atoms with E-state index in [0.29, 0.717) is 5.69 Å². The van der Waals surface area contributed by atoms with Crippen molar-refractivity contribution in [3.8, 4) is 0 Å². The Morgan fingerprint density at radius 1 is 1.71 bits per heavy atom. The lowest BCUT2D eigenvalue weighted by Crippen LogP contribution is -2.37. The zero-order valence-corrected chi connectivity index (χ0v) is 8.32. The Morgan fingerprint density at radius 2 is 2.36 bits per heavy atom. The molecule has 4 nitrogen and oxygen atoms in total. The van der Waals surface area contributed by atoms with Gasteiger partial charge >= 0.3 is 5.97 Å². The van der Waals surface area contributed by atoms with Crippen LogP contribution in [0.25, 0.3) is 0 Å². The Labute approximate surface area is 82.8 Å². The smallest absolute Gasteiger partial charge is 0.305 e. The van der Waals surface area contributed by atoms with Crippen LogP contribution >= 0.6 is 0 Å². The van der Waals surface area contributed by atoms with Crippen molar-refractivity contribution >= 4 is 5.97 Å². The van der Waals surface area contributed by atoms with Gasteiger partial charge < -0.3 is 10.8 Å². The predicted molar refractivity (Wildman–Crippen MR) is 52.8 cm³/mol. The average Bonchev–Trinajstić information content (AvgIpc) is 2.02. The van der Waals surface area contributed by atoms with Gasteiger partial charge in [-0.3, -0.25) is 9.78 Å². The number of aromatic nitrogens is 1. The molecule has 1 rings (SSSR count). The highest BCUT2D eigenvalue weighted by molar-refractivity contribution is 5.68. The number of hydrogen-bond acceptors (Lipinski definition) is 3. The van der Waals surface area contributed by atoms with Crippen LogP contribution in [0.3, 0.4) is 0 Å². The Bertz CT molecular complexity index is 348. The lowest BCUT2D eigenvalue weighted by Gasteiger charge is -2.23. The largest absolute Gasteiger partial charge is 0.481 e. The molecule has 0 aliphatic rings. The van der Waals surface area contributed by atoms with Crippen LogP contribution < -0.4 is 5.73 Å². The second-order valence-corrected chi connectivity index (χ2v) is 3.66. The SMILES string of the molecule is Cc1cccnc1[C@@](C)(N)CC(=O)O. The Morgan fingerprint density at radius 3 is 2.86 bits per heavy atom. The van der Waals surface area contributed by atoms with Gasteiger partial charge in [-0.2, -0.15) is 0 Å². The highest BCUT2D eigenvalue weighted by atomic mass is 16.4. The van der Waals surface area contributed by atoms with Gasteiger partial charge in [0, 0.05) is 6.20 Å². The van der Waals surface area contributed by atoms with Gasteiger partial charge in [-0.15, -0.1) is 0 Å². The molecule has 1 aromatic heterocycles. The minimum absolute atomic E-state index is 0.120. The fourth-order valence-electron chi connectivity index (χ4n) is 1.48. The predicted octanol–water partition coefficient (Wildman–Crippen LogP) is 1.04. The zero-order valence-electron chi connectivity index (χ0n) is 8.32. The van der Waals surface area contributed by atoms with E-state index in [1.54, 1.807) is 19.2 Å². The zero-order chi connectivity index (χ0) is 10.8. The molecule has 0 radical (unpaired) electrons. The molecule has 0 amide bonds. The fraction of sp³-hybridized carbons (Fsp3) is 0.400. The van der Waals surface area contributed by atoms with Crippen molar-refractivity contribution in [1.29, 1.82) is 0 Å². The molecule has 0 aliphatic carbocycles. The van der Waals surface area contributed by atoms with Crippen LogP contribution in [0.5, 0.6) is 0 Å². The molecule has 0 spiro atoms. The van der Waals surface area contributed by atoms with Gasteiger partial charge in [0.05, 0.1) is 17.7 Å². The van der Waals surface area contributed by atoms with Gasteiger partial charge in [-0.05, 0) is 25.5 Å². The first-order valence-corrected chi connectivity index (χ1v) is 4.36. The number of pyridine rings is 1. The molecule has 3 N–H and O–H groups in total. The van der Waals surface area contributed by atoms with Gasteiger partial charge in [-0.25, -0.2) is 0 Å². The van der Waals surface area contributed by atoms with Crippen molar-refractivity contribution in [2.45, 2.75) is 25.8 Å². The number of carboxylic acid groups (broad SMARTS) is 1. The molecule has 1 heterocycles. The van der Waals surface area contributed by atoms with Gasteiger partial charge in [-0.1, -0.05) is 6.07 Å². The van der Waals surface area contributed by atoms with E-state index >= 15 is 0 Å².